The van der Waals surface area contributed by atoms with Gasteiger partial charge < -0.3 is 52.0 Å². The number of hydrogen-bond donors (Lipinski definition) is 7. The summed E-state index contributed by atoms with van der Waals surface area (Å²) < 4.78 is 9.09. The molecule has 0 aromatic carbocycles. The number of aliphatic hydroxyl groups excluding tert-OH is 4. The molecule has 0 radical (unpaired) electrons. The maximum atomic E-state index is 12.8. The molecule has 0 aliphatic carbocycles. The standard InChI is InChI=1S/C20H38N4O10/c1-33-19(31)11(21)7-3-5-9-24(10-6-4-8-12(22)20(32)34-2)18(30)16(28)14(26)13(25)15(27)17(23)29/h11-16,25-28H,3-10,21-22H2,1-2H3,(H2,23,29)/t11-,12-,13-,14-,15-,16+/m0/s1. The van der Waals surface area contributed by atoms with Gasteiger partial charge in [-0.2, -0.15) is 0 Å². The van der Waals surface area contributed by atoms with Gasteiger partial charge >= 0.3 is 11.9 Å². The van der Waals surface area contributed by atoms with Crippen molar-refractivity contribution in [2.24, 2.45) is 17.2 Å². The number of carbonyl (C=O) groups is 4. The molecule has 198 valence electrons. The van der Waals surface area contributed by atoms with E-state index in [1.54, 1.807) is 0 Å². The maximum Gasteiger partial charge on any atom is 0.322 e. The van der Waals surface area contributed by atoms with Crippen LogP contribution in [0.3, 0.4) is 0 Å². The average molecular weight is 495 g/mol. The minimum Gasteiger partial charge on any atom is -0.468 e. The normalized spacial score (nSPS) is 16.5. The molecular formula is C20H38N4O10. The second kappa shape index (κ2) is 16.3. The minimum atomic E-state index is -2.19. The number of esters is 2. The first-order valence-electron chi connectivity index (χ1n) is 10.9. The summed E-state index contributed by atoms with van der Waals surface area (Å²) in [5.41, 5.74) is 16.2. The van der Waals surface area contributed by atoms with Gasteiger partial charge in [0.05, 0.1) is 14.2 Å². The number of unbranched alkanes of at least 4 members (excludes halogenated alkanes) is 2. The highest BCUT2D eigenvalue weighted by molar-refractivity contribution is 5.82. The van der Waals surface area contributed by atoms with Crippen molar-refractivity contribution in [2.45, 2.75) is 75.0 Å². The minimum absolute atomic E-state index is 0.105. The number of aliphatic hydroxyl groups is 4. The van der Waals surface area contributed by atoms with Gasteiger partial charge in [-0.05, 0) is 38.5 Å². The van der Waals surface area contributed by atoms with Crippen LogP contribution in [0.2, 0.25) is 0 Å². The van der Waals surface area contributed by atoms with Gasteiger partial charge in [-0.1, -0.05) is 0 Å². The van der Waals surface area contributed by atoms with Crippen molar-refractivity contribution >= 4 is 23.8 Å². The smallest absolute Gasteiger partial charge is 0.322 e. The number of nitrogens with two attached hydrogens (primary N) is 3. The molecule has 34 heavy (non-hydrogen) atoms. The molecule has 0 saturated heterocycles. The summed E-state index contributed by atoms with van der Waals surface area (Å²) in [4.78, 5) is 47.7. The van der Waals surface area contributed by atoms with Gasteiger partial charge in [0, 0.05) is 13.1 Å². The molecule has 0 fully saturated rings. The van der Waals surface area contributed by atoms with Gasteiger partial charge in [-0.25, -0.2) is 0 Å². The maximum absolute atomic E-state index is 12.8. The van der Waals surface area contributed by atoms with Crippen molar-refractivity contribution in [3.05, 3.63) is 0 Å². The van der Waals surface area contributed by atoms with Crippen molar-refractivity contribution < 1.29 is 49.1 Å². The van der Waals surface area contributed by atoms with Crippen molar-refractivity contribution in [2.75, 3.05) is 27.3 Å². The third-order valence-electron chi connectivity index (χ3n) is 5.25. The molecule has 2 amide bonds. The molecule has 0 heterocycles. The fraction of sp³-hybridized carbons (Fsp3) is 0.800. The first kappa shape index (κ1) is 31.6. The van der Waals surface area contributed by atoms with Gasteiger partial charge in [-0.15, -0.1) is 0 Å². The van der Waals surface area contributed by atoms with Crippen LogP contribution in [0.5, 0.6) is 0 Å². The van der Waals surface area contributed by atoms with Gasteiger partial charge in [0.25, 0.3) is 5.91 Å². The lowest BCUT2D eigenvalue weighted by Gasteiger charge is -2.30. The molecule has 14 heteroatoms. The lowest BCUT2D eigenvalue weighted by Crippen LogP contribution is -2.54. The molecule has 0 aliphatic heterocycles. The second-order valence-corrected chi connectivity index (χ2v) is 7.85. The number of nitrogens with zero attached hydrogens (tertiary/aromatic N) is 1. The van der Waals surface area contributed by atoms with E-state index in [2.05, 4.69) is 9.47 Å². The van der Waals surface area contributed by atoms with E-state index in [0.29, 0.717) is 25.7 Å². The number of ether oxygens (including phenoxy) is 2. The molecule has 0 saturated carbocycles. The van der Waals surface area contributed by atoms with Crippen LogP contribution < -0.4 is 17.2 Å². The topological polar surface area (TPSA) is 249 Å². The number of methoxy groups -OCH3 is 2. The molecule has 0 aromatic rings. The van der Waals surface area contributed by atoms with Crippen LogP contribution in [0.1, 0.15) is 38.5 Å². The van der Waals surface area contributed by atoms with Crippen molar-refractivity contribution in [3.63, 3.8) is 0 Å². The first-order chi connectivity index (χ1) is 15.9. The highest BCUT2D eigenvalue weighted by Crippen LogP contribution is 2.12. The fourth-order valence-corrected chi connectivity index (χ4v) is 3.08. The Balaban J connectivity index is 5.07. The zero-order valence-corrected chi connectivity index (χ0v) is 19.5. The fourth-order valence-electron chi connectivity index (χ4n) is 3.08. The molecule has 6 atom stereocenters. The third-order valence-corrected chi connectivity index (χ3v) is 5.25. The van der Waals surface area contributed by atoms with Crippen LogP contribution in [0.4, 0.5) is 0 Å². The lowest BCUT2D eigenvalue weighted by molar-refractivity contribution is -0.160. The molecule has 0 bridgehead atoms. The van der Waals surface area contributed by atoms with E-state index < -0.39 is 60.3 Å². The van der Waals surface area contributed by atoms with E-state index in [9.17, 15) is 39.6 Å². The summed E-state index contributed by atoms with van der Waals surface area (Å²) in [7, 11) is 2.43. The zero-order chi connectivity index (χ0) is 26.4. The van der Waals surface area contributed by atoms with Gasteiger partial charge in [0.2, 0.25) is 5.91 Å². The van der Waals surface area contributed by atoms with E-state index in [0.717, 1.165) is 0 Å². The molecule has 10 N–H and O–H groups in total. The second-order valence-electron chi connectivity index (χ2n) is 7.85. The van der Waals surface area contributed by atoms with Crippen LogP contribution in [-0.2, 0) is 28.7 Å². The van der Waals surface area contributed by atoms with Gasteiger partial charge in [-0.3, -0.25) is 19.2 Å². The van der Waals surface area contributed by atoms with Crippen LogP contribution in [0, 0.1) is 0 Å². The summed E-state index contributed by atoms with van der Waals surface area (Å²) in [5, 5.41) is 39.6. The van der Waals surface area contributed by atoms with Crippen molar-refractivity contribution in [1.82, 2.24) is 4.90 Å². The summed E-state index contributed by atoms with van der Waals surface area (Å²) in [6, 6.07) is -1.65. The summed E-state index contributed by atoms with van der Waals surface area (Å²) >= 11 is 0. The number of rotatable bonds is 17. The largest absolute Gasteiger partial charge is 0.468 e. The highest BCUT2D eigenvalue weighted by atomic mass is 16.5. The Hall–Kier alpha value is -2.36. The molecule has 0 unspecified atom stereocenters. The third kappa shape index (κ3) is 10.7. The molecule has 14 nitrogen and oxygen atoms in total. The summed E-state index contributed by atoms with van der Waals surface area (Å²) in [6.07, 6.45) is -6.49. The Kier molecular flexibility index (Phi) is 15.2. The average Bonchev–Trinajstić information content (AvgIpc) is 2.83. The van der Waals surface area contributed by atoms with Crippen LogP contribution in [0.25, 0.3) is 0 Å². The SMILES string of the molecule is COC(=O)[C@@H](N)CCCCN(CCCC[C@H](N)C(=O)OC)C(=O)[C@H](O)[C@@H](O)[C@H](O)[C@H](O)C(N)=O. The van der Waals surface area contributed by atoms with Crippen LogP contribution in [0.15, 0.2) is 0 Å². The number of carbonyl (C=O) groups excluding carboxylic acids is 4. The Morgan fingerprint density at radius 3 is 1.47 bits per heavy atom. The predicted molar refractivity (Wildman–Crippen MR) is 117 cm³/mol. The van der Waals surface area contributed by atoms with Gasteiger partial charge in [0.15, 0.2) is 12.2 Å². The van der Waals surface area contributed by atoms with E-state index >= 15 is 0 Å². The van der Waals surface area contributed by atoms with E-state index in [1.165, 1.54) is 19.1 Å². The highest BCUT2D eigenvalue weighted by Gasteiger charge is 2.38. The van der Waals surface area contributed by atoms with Crippen molar-refractivity contribution in [1.29, 1.82) is 0 Å². The Bertz CT molecular complexity index is 635. The quantitative estimate of drug-likeness (QED) is 0.0756. The Morgan fingerprint density at radius 2 is 1.12 bits per heavy atom. The Morgan fingerprint density at radius 1 is 0.735 bits per heavy atom. The monoisotopic (exact) mass is 494 g/mol. The molecular weight excluding hydrogens is 456 g/mol. The lowest BCUT2D eigenvalue weighted by atomic mass is 10.0. The number of amides is 2. The number of hydrogen-bond acceptors (Lipinski definition) is 12. The van der Waals surface area contributed by atoms with Crippen molar-refractivity contribution in [3.8, 4) is 0 Å². The van der Waals surface area contributed by atoms with E-state index in [1.807, 2.05) is 0 Å². The van der Waals surface area contributed by atoms with E-state index in [4.69, 9.17) is 17.2 Å². The summed E-state index contributed by atoms with van der Waals surface area (Å²) in [5.74, 6) is -3.45. The predicted octanol–water partition coefficient (Wildman–Crippen LogP) is -3.91. The molecule has 0 spiro atoms. The molecule has 0 aromatic heterocycles. The number of primary amides is 1. The first-order valence-corrected chi connectivity index (χ1v) is 10.9. The molecule has 0 rings (SSSR count). The zero-order valence-electron chi connectivity index (χ0n) is 19.5. The van der Waals surface area contributed by atoms with Crippen LogP contribution >= 0.6 is 0 Å². The van der Waals surface area contributed by atoms with E-state index in [-0.39, 0.29) is 25.9 Å². The molecule has 0 aliphatic rings. The van der Waals surface area contributed by atoms with Gasteiger partial charge in [0.1, 0.15) is 24.3 Å². The van der Waals surface area contributed by atoms with Crippen LogP contribution in [-0.4, -0.2) is 113 Å². The Labute approximate surface area is 198 Å². The summed E-state index contributed by atoms with van der Waals surface area (Å²) in [6.45, 7) is 0.210.